The third-order valence-corrected chi connectivity index (χ3v) is 1.20. The standard InChI is InChI=1S/C4H5N5O3/c5-2-8-9(1-11-2)3-6-7-4(10)12-3/h1H2,(H2,5,8)(H,7,10). The van der Waals surface area contributed by atoms with Gasteiger partial charge in [-0.05, 0) is 0 Å². The van der Waals surface area contributed by atoms with Gasteiger partial charge in [0.1, 0.15) is 0 Å². The molecule has 2 rings (SSSR count). The molecule has 0 aliphatic carbocycles. The molecule has 8 nitrogen and oxygen atoms in total. The zero-order chi connectivity index (χ0) is 8.55. The Labute approximate surface area is 65.6 Å². The Morgan fingerprint density at radius 3 is 3.00 bits per heavy atom. The van der Waals surface area contributed by atoms with E-state index in [2.05, 4.69) is 19.7 Å². The Morgan fingerprint density at radius 1 is 1.67 bits per heavy atom. The van der Waals surface area contributed by atoms with Crippen LogP contribution in [0.25, 0.3) is 0 Å². The molecule has 0 spiro atoms. The van der Waals surface area contributed by atoms with E-state index in [1.165, 1.54) is 5.01 Å². The summed E-state index contributed by atoms with van der Waals surface area (Å²) < 4.78 is 9.34. The molecule has 0 bridgehead atoms. The number of rotatable bonds is 1. The van der Waals surface area contributed by atoms with Crippen molar-refractivity contribution < 1.29 is 9.15 Å². The SMILES string of the molecule is NC1=NN(c2n[nH]c(=O)o2)CO1. The summed E-state index contributed by atoms with van der Waals surface area (Å²) in [5.74, 6) is -0.648. The summed E-state index contributed by atoms with van der Waals surface area (Å²) >= 11 is 0. The van der Waals surface area contributed by atoms with Crippen LogP contribution in [0.15, 0.2) is 14.3 Å². The molecule has 12 heavy (non-hydrogen) atoms. The van der Waals surface area contributed by atoms with Gasteiger partial charge in [-0.1, -0.05) is 0 Å². The molecule has 0 saturated heterocycles. The molecule has 0 unspecified atom stereocenters. The highest BCUT2D eigenvalue weighted by Crippen LogP contribution is 2.10. The Hall–Kier alpha value is -1.99. The number of hydrogen-bond acceptors (Lipinski definition) is 7. The predicted molar refractivity (Wildman–Crippen MR) is 37.2 cm³/mol. The molecular weight excluding hydrogens is 166 g/mol. The average Bonchev–Trinajstić information content (AvgIpc) is 2.58. The summed E-state index contributed by atoms with van der Waals surface area (Å²) in [6, 6.07) is 0.0427. The molecule has 1 aliphatic rings. The van der Waals surface area contributed by atoms with Crippen LogP contribution >= 0.6 is 0 Å². The highest BCUT2D eigenvalue weighted by atomic mass is 16.5. The second-order valence-electron chi connectivity index (χ2n) is 2.01. The van der Waals surface area contributed by atoms with Gasteiger partial charge in [-0.3, -0.25) is 0 Å². The van der Waals surface area contributed by atoms with Crippen LogP contribution in [0.1, 0.15) is 0 Å². The second-order valence-corrected chi connectivity index (χ2v) is 2.01. The second kappa shape index (κ2) is 2.26. The van der Waals surface area contributed by atoms with Crippen molar-refractivity contribution in [3.05, 3.63) is 10.6 Å². The predicted octanol–water partition coefficient (Wildman–Crippen LogP) is -1.61. The van der Waals surface area contributed by atoms with Crippen molar-refractivity contribution in [2.75, 3.05) is 11.7 Å². The zero-order valence-corrected chi connectivity index (χ0v) is 5.85. The molecule has 1 aliphatic heterocycles. The third-order valence-electron chi connectivity index (χ3n) is 1.20. The minimum absolute atomic E-state index is 0.0145. The van der Waals surface area contributed by atoms with Crippen LogP contribution in [-0.4, -0.2) is 22.9 Å². The molecular formula is C4H5N5O3. The minimum atomic E-state index is -0.648. The number of hydrazone groups is 1. The van der Waals surface area contributed by atoms with Gasteiger partial charge in [0.15, 0.2) is 6.73 Å². The summed E-state index contributed by atoms with van der Waals surface area (Å²) in [6.45, 7) is 0.0969. The lowest BCUT2D eigenvalue weighted by Crippen LogP contribution is -2.13. The molecule has 0 amide bonds. The van der Waals surface area contributed by atoms with Crippen molar-refractivity contribution in [3.8, 4) is 0 Å². The molecule has 1 aromatic heterocycles. The normalized spacial score (nSPS) is 16.0. The van der Waals surface area contributed by atoms with Crippen molar-refractivity contribution in [3.63, 3.8) is 0 Å². The maximum Gasteiger partial charge on any atom is 0.435 e. The van der Waals surface area contributed by atoms with E-state index in [4.69, 9.17) is 10.5 Å². The number of amidine groups is 1. The summed E-state index contributed by atoms with van der Waals surface area (Å²) in [6.07, 6.45) is 0. The number of H-pyrrole nitrogens is 1. The first kappa shape index (κ1) is 6.70. The Balaban J connectivity index is 2.27. The first-order chi connectivity index (χ1) is 5.75. The van der Waals surface area contributed by atoms with Gasteiger partial charge < -0.3 is 14.9 Å². The van der Waals surface area contributed by atoms with Gasteiger partial charge in [0.05, 0.1) is 0 Å². The molecule has 0 atom stereocenters. The van der Waals surface area contributed by atoms with E-state index in [0.29, 0.717) is 0 Å². The molecule has 64 valence electrons. The number of aromatic amines is 1. The fourth-order valence-electron chi connectivity index (χ4n) is 0.734. The van der Waals surface area contributed by atoms with E-state index in [1.54, 1.807) is 0 Å². The number of nitrogens with two attached hydrogens (primary N) is 1. The van der Waals surface area contributed by atoms with Crippen LogP contribution in [0.2, 0.25) is 0 Å². The zero-order valence-electron chi connectivity index (χ0n) is 5.85. The van der Waals surface area contributed by atoms with E-state index >= 15 is 0 Å². The van der Waals surface area contributed by atoms with Crippen molar-refractivity contribution >= 4 is 12.0 Å². The third kappa shape index (κ3) is 0.983. The molecule has 8 heteroatoms. The average molecular weight is 171 g/mol. The summed E-state index contributed by atoms with van der Waals surface area (Å²) in [7, 11) is 0. The number of nitrogens with one attached hydrogen (secondary N) is 1. The van der Waals surface area contributed by atoms with E-state index in [9.17, 15) is 4.79 Å². The maximum atomic E-state index is 10.5. The monoisotopic (exact) mass is 171 g/mol. The van der Waals surface area contributed by atoms with Crippen LogP contribution in [0.4, 0.5) is 6.01 Å². The molecule has 3 N–H and O–H groups in total. The lowest BCUT2D eigenvalue weighted by Gasteiger charge is -2.01. The van der Waals surface area contributed by atoms with E-state index in [0.717, 1.165) is 0 Å². The number of nitrogens with zero attached hydrogens (tertiary/aromatic N) is 3. The lowest BCUT2D eigenvalue weighted by atomic mass is 11.0. The van der Waals surface area contributed by atoms with E-state index < -0.39 is 5.76 Å². The molecule has 0 saturated carbocycles. The fraction of sp³-hybridized carbons (Fsp3) is 0.250. The van der Waals surface area contributed by atoms with E-state index in [1.807, 2.05) is 0 Å². The van der Waals surface area contributed by atoms with Gasteiger partial charge >= 0.3 is 17.8 Å². The van der Waals surface area contributed by atoms with Gasteiger partial charge in [-0.25, -0.2) is 9.89 Å². The smallest absolute Gasteiger partial charge is 0.435 e. The molecule has 0 radical (unpaired) electrons. The maximum absolute atomic E-state index is 10.5. The van der Waals surface area contributed by atoms with Gasteiger partial charge in [-0.2, -0.15) is 5.01 Å². The van der Waals surface area contributed by atoms with Crippen LogP contribution in [0, 0.1) is 0 Å². The highest BCUT2D eigenvalue weighted by Gasteiger charge is 2.18. The van der Waals surface area contributed by atoms with Crippen molar-refractivity contribution in [2.24, 2.45) is 10.8 Å². The Morgan fingerprint density at radius 2 is 2.50 bits per heavy atom. The number of aromatic nitrogens is 2. The van der Waals surface area contributed by atoms with Crippen molar-refractivity contribution in [1.29, 1.82) is 0 Å². The van der Waals surface area contributed by atoms with Gasteiger partial charge in [0.25, 0.3) is 0 Å². The first-order valence-corrected chi connectivity index (χ1v) is 3.05. The van der Waals surface area contributed by atoms with E-state index in [-0.39, 0.29) is 18.8 Å². The van der Waals surface area contributed by atoms with Gasteiger partial charge in [0, 0.05) is 0 Å². The first-order valence-electron chi connectivity index (χ1n) is 3.05. The summed E-state index contributed by atoms with van der Waals surface area (Å²) in [5.41, 5.74) is 5.20. The van der Waals surface area contributed by atoms with Gasteiger partial charge in [0.2, 0.25) is 0 Å². The van der Waals surface area contributed by atoms with Crippen LogP contribution < -0.4 is 16.5 Å². The number of hydrogen-bond donors (Lipinski definition) is 2. The quantitative estimate of drug-likeness (QED) is 0.525. The summed E-state index contributed by atoms with van der Waals surface area (Å²) in [5, 5.41) is 10.5. The van der Waals surface area contributed by atoms with Crippen LogP contribution in [-0.2, 0) is 4.74 Å². The fourth-order valence-corrected chi connectivity index (χ4v) is 0.734. The molecule has 0 aromatic carbocycles. The van der Waals surface area contributed by atoms with Crippen LogP contribution in [0.3, 0.4) is 0 Å². The minimum Gasteiger partial charge on any atom is -0.441 e. The molecule has 1 aromatic rings. The molecule has 0 fully saturated rings. The Bertz CT molecular complexity index is 365. The van der Waals surface area contributed by atoms with Crippen LogP contribution in [0.5, 0.6) is 0 Å². The lowest BCUT2D eigenvalue weighted by molar-refractivity contribution is 0.323. The van der Waals surface area contributed by atoms with Crippen molar-refractivity contribution in [2.45, 2.75) is 0 Å². The summed E-state index contributed by atoms with van der Waals surface area (Å²) in [4.78, 5) is 10.5. The van der Waals surface area contributed by atoms with Crippen molar-refractivity contribution in [1.82, 2.24) is 10.2 Å². The largest absolute Gasteiger partial charge is 0.441 e. The Kier molecular flexibility index (Phi) is 1.26. The number of anilines is 1. The number of ether oxygens (including phenoxy) is 1. The highest BCUT2D eigenvalue weighted by molar-refractivity contribution is 5.74. The van der Waals surface area contributed by atoms with Gasteiger partial charge in [-0.15, -0.1) is 10.2 Å². The topological polar surface area (TPSA) is 110 Å². The molecule has 2 heterocycles.